The molecule has 2 aromatic rings. The molecule has 248 valence electrons. The number of nitrogens with one attached hydrogen (secondary N) is 1. The minimum absolute atomic E-state index is 0.0168. The number of sulfonamides is 1. The number of carbonyl (C=O) groups is 1. The Morgan fingerprint density at radius 3 is 2.62 bits per heavy atom. The fourth-order valence-electron chi connectivity index (χ4n) is 6.36. The number of esters is 1. The molecule has 47 heavy (non-hydrogen) atoms. The van der Waals surface area contributed by atoms with E-state index in [9.17, 15) is 22.0 Å². The SMILES string of the molecule is COC(=O)c1ccc(S(=O)(=O)NC[C@]2(C)CC3=C(C4=NC([C@@H](C)F)CC=C4)[C@H](c4ccc(F)cc4Cl)N=C(C4CC=CS4)N3C2)cc1. The van der Waals surface area contributed by atoms with E-state index < -0.39 is 45.5 Å². The number of benzene rings is 2. The molecule has 8 nitrogen and oxygen atoms in total. The van der Waals surface area contributed by atoms with Crippen LogP contribution in [0.4, 0.5) is 8.78 Å². The van der Waals surface area contributed by atoms with Gasteiger partial charge >= 0.3 is 5.97 Å². The second kappa shape index (κ2) is 13.3. The van der Waals surface area contributed by atoms with Crippen LogP contribution in [0.15, 0.2) is 92.3 Å². The highest BCUT2D eigenvalue weighted by Crippen LogP contribution is 2.49. The highest BCUT2D eigenvalue weighted by molar-refractivity contribution is 8.03. The van der Waals surface area contributed by atoms with Crippen LogP contribution in [0.3, 0.4) is 0 Å². The normalized spacial score (nSPS) is 26.3. The van der Waals surface area contributed by atoms with Crippen LogP contribution in [0.2, 0.25) is 5.02 Å². The molecule has 0 spiro atoms. The fraction of sp³-hybridized carbons (Fsp3) is 0.382. The predicted octanol–water partition coefficient (Wildman–Crippen LogP) is 6.81. The summed E-state index contributed by atoms with van der Waals surface area (Å²) in [5, 5.41) is 2.29. The third-order valence-corrected chi connectivity index (χ3v) is 11.7. The van der Waals surface area contributed by atoms with Gasteiger partial charge in [0.25, 0.3) is 0 Å². The number of fused-ring (bicyclic) bond motifs is 1. The molecule has 0 radical (unpaired) electrons. The number of dihydropyridines is 1. The van der Waals surface area contributed by atoms with Crippen molar-refractivity contribution in [3.8, 4) is 0 Å². The van der Waals surface area contributed by atoms with Crippen molar-refractivity contribution in [2.75, 3.05) is 20.2 Å². The van der Waals surface area contributed by atoms with Crippen LogP contribution in [0.1, 0.15) is 55.1 Å². The standard InChI is InChI=1S/C34H35ClF2N4O4S2/c1-20(36)26-6-4-7-27(39-26)30-28-17-34(2,18-38-47(43,44)23-12-9-21(10-13-23)33(42)45-3)19-41(28)32(29-8-5-15-46-29)40-31(30)24-14-11-22(37)16-25(24)35/h4-5,7,9-16,20,26,29,31,38H,6,8,17-19H2,1-3H3/t20-,26?,29?,31+,34+/m1/s1. The zero-order valence-corrected chi connectivity index (χ0v) is 28.5. The van der Waals surface area contributed by atoms with Crippen LogP contribution >= 0.6 is 23.4 Å². The summed E-state index contributed by atoms with van der Waals surface area (Å²) in [5.41, 5.74) is 2.53. The maximum Gasteiger partial charge on any atom is 0.337 e. The first-order valence-corrected chi connectivity index (χ1v) is 18.1. The fourth-order valence-corrected chi connectivity index (χ4v) is 8.78. The number of aliphatic imine (C=N–C) groups is 2. The maximum absolute atomic E-state index is 14.6. The molecule has 0 aliphatic carbocycles. The Hall–Kier alpha value is -3.32. The molecule has 2 aromatic carbocycles. The second-order valence-electron chi connectivity index (χ2n) is 12.5. The van der Waals surface area contributed by atoms with E-state index in [1.54, 1.807) is 17.8 Å². The molecule has 1 fully saturated rings. The molecular weight excluding hydrogens is 666 g/mol. The summed E-state index contributed by atoms with van der Waals surface area (Å²) in [5.74, 6) is -0.198. The van der Waals surface area contributed by atoms with Crippen molar-refractivity contribution in [2.24, 2.45) is 15.4 Å². The van der Waals surface area contributed by atoms with Crippen LogP contribution in [-0.2, 0) is 14.8 Å². The van der Waals surface area contributed by atoms with Gasteiger partial charge in [-0.3, -0.25) is 9.98 Å². The predicted molar refractivity (Wildman–Crippen MR) is 182 cm³/mol. The summed E-state index contributed by atoms with van der Waals surface area (Å²) < 4.78 is 63.1. The Labute approximate surface area is 282 Å². The topological polar surface area (TPSA) is 100 Å². The van der Waals surface area contributed by atoms with Crippen molar-refractivity contribution in [2.45, 2.75) is 61.5 Å². The van der Waals surface area contributed by atoms with Gasteiger partial charge in [-0.25, -0.2) is 26.7 Å². The van der Waals surface area contributed by atoms with E-state index in [0.29, 0.717) is 30.7 Å². The Morgan fingerprint density at radius 1 is 1.19 bits per heavy atom. The molecule has 6 rings (SSSR count). The lowest BCUT2D eigenvalue weighted by Gasteiger charge is -2.36. The van der Waals surface area contributed by atoms with Gasteiger partial charge in [-0.2, -0.15) is 0 Å². The number of thioether (sulfide) groups is 1. The Morgan fingerprint density at radius 2 is 1.96 bits per heavy atom. The Kier molecular flexibility index (Phi) is 9.50. The van der Waals surface area contributed by atoms with E-state index >= 15 is 0 Å². The molecular formula is C34H35ClF2N4O4S2. The average Bonchev–Trinajstić information content (AvgIpc) is 3.71. The van der Waals surface area contributed by atoms with Gasteiger partial charge in [-0.05, 0) is 74.1 Å². The van der Waals surface area contributed by atoms with Crippen molar-refractivity contribution in [1.82, 2.24) is 9.62 Å². The lowest BCUT2D eigenvalue weighted by Crippen LogP contribution is -2.42. The first-order valence-electron chi connectivity index (χ1n) is 15.3. The third kappa shape index (κ3) is 6.83. The van der Waals surface area contributed by atoms with E-state index in [2.05, 4.69) is 15.7 Å². The quantitative estimate of drug-likeness (QED) is 0.289. The number of allylic oxidation sites excluding steroid dienone is 3. The van der Waals surface area contributed by atoms with E-state index in [1.165, 1.54) is 50.4 Å². The number of hydrogen-bond donors (Lipinski definition) is 1. The monoisotopic (exact) mass is 700 g/mol. The highest BCUT2D eigenvalue weighted by Gasteiger charge is 2.47. The van der Waals surface area contributed by atoms with Crippen LogP contribution in [0, 0.1) is 11.2 Å². The number of amidine groups is 1. The summed E-state index contributed by atoms with van der Waals surface area (Å²) in [7, 11) is -2.66. The maximum atomic E-state index is 14.6. The zero-order chi connectivity index (χ0) is 33.5. The van der Waals surface area contributed by atoms with Crippen LogP contribution in [-0.4, -0.2) is 68.5 Å². The van der Waals surface area contributed by atoms with Gasteiger partial charge in [0.2, 0.25) is 10.0 Å². The molecule has 4 aliphatic heterocycles. The first kappa shape index (κ1) is 33.6. The van der Waals surface area contributed by atoms with Gasteiger partial charge < -0.3 is 9.64 Å². The molecule has 0 bridgehead atoms. The molecule has 4 heterocycles. The lowest BCUT2D eigenvalue weighted by atomic mass is 9.85. The van der Waals surface area contributed by atoms with E-state index in [0.717, 1.165) is 23.5 Å². The molecule has 1 saturated heterocycles. The molecule has 0 amide bonds. The summed E-state index contributed by atoms with van der Waals surface area (Å²) in [4.78, 5) is 24.1. The van der Waals surface area contributed by atoms with Gasteiger partial charge in [0, 0.05) is 40.4 Å². The molecule has 13 heteroatoms. The number of halogens is 3. The summed E-state index contributed by atoms with van der Waals surface area (Å²) >= 11 is 8.32. The number of rotatable bonds is 9. The van der Waals surface area contributed by atoms with Gasteiger partial charge in [-0.15, -0.1) is 11.8 Å². The highest BCUT2D eigenvalue weighted by atomic mass is 35.5. The van der Waals surface area contributed by atoms with Crippen LogP contribution in [0.5, 0.6) is 0 Å². The van der Waals surface area contributed by atoms with Gasteiger partial charge in [0.15, 0.2) is 0 Å². The van der Waals surface area contributed by atoms with E-state index in [-0.39, 0.29) is 27.3 Å². The lowest BCUT2D eigenvalue weighted by molar-refractivity contribution is 0.0600. The molecule has 5 atom stereocenters. The van der Waals surface area contributed by atoms with Gasteiger partial charge in [-0.1, -0.05) is 36.7 Å². The molecule has 4 aliphatic rings. The van der Waals surface area contributed by atoms with Crippen molar-refractivity contribution in [3.05, 3.63) is 99.3 Å². The molecule has 1 N–H and O–H groups in total. The number of ether oxygens (including phenoxy) is 1. The number of alkyl halides is 1. The summed E-state index contributed by atoms with van der Waals surface area (Å²) in [6.45, 7) is 4.09. The zero-order valence-electron chi connectivity index (χ0n) is 26.1. The number of hydrogen-bond acceptors (Lipinski definition) is 8. The van der Waals surface area contributed by atoms with Crippen molar-refractivity contribution < 1.29 is 26.7 Å². The molecule has 0 aromatic heterocycles. The third-order valence-electron chi connectivity index (χ3n) is 8.86. The molecule has 0 saturated carbocycles. The van der Waals surface area contributed by atoms with E-state index in [4.69, 9.17) is 26.3 Å². The number of carbonyl (C=O) groups excluding carboxylic acids is 1. The minimum atomic E-state index is -3.92. The van der Waals surface area contributed by atoms with Crippen LogP contribution in [0.25, 0.3) is 0 Å². The average molecular weight is 701 g/mol. The molecule has 2 unspecified atom stereocenters. The van der Waals surface area contributed by atoms with Gasteiger partial charge in [0.05, 0.1) is 34.6 Å². The first-order chi connectivity index (χ1) is 22.4. The Bertz CT molecular complexity index is 1830. The second-order valence-corrected chi connectivity index (χ2v) is 15.7. The Balaban J connectivity index is 1.40. The minimum Gasteiger partial charge on any atom is -0.465 e. The number of nitrogens with zero attached hydrogens (tertiary/aromatic N) is 3. The van der Waals surface area contributed by atoms with Crippen molar-refractivity contribution in [1.29, 1.82) is 0 Å². The summed E-state index contributed by atoms with van der Waals surface area (Å²) in [6.07, 6.45) is 6.41. The largest absolute Gasteiger partial charge is 0.465 e. The number of methoxy groups -OCH3 is 1. The van der Waals surface area contributed by atoms with Gasteiger partial charge in [0.1, 0.15) is 23.9 Å². The van der Waals surface area contributed by atoms with Crippen molar-refractivity contribution in [3.63, 3.8) is 0 Å². The van der Waals surface area contributed by atoms with Crippen molar-refractivity contribution >= 4 is 50.9 Å². The summed E-state index contributed by atoms with van der Waals surface area (Å²) in [6, 6.07) is 8.63. The van der Waals surface area contributed by atoms with Crippen LogP contribution < -0.4 is 4.72 Å². The van der Waals surface area contributed by atoms with E-state index in [1.807, 2.05) is 24.5 Å². The smallest absolute Gasteiger partial charge is 0.337 e.